The second-order valence-electron chi connectivity index (χ2n) is 3.19. The number of thioether (sulfide) groups is 1. The molecule has 0 spiro atoms. The van der Waals surface area contributed by atoms with Gasteiger partial charge in [0.1, 0.15) is 0 Å². The summed E-state index contributed by atoms with van der Waals surface area (Å²) in [5.41, 5.74) is 0.735. The maximum absolute atomic E-state index is 11.5. The zero-order valence-electron chi connectivity index (χ0n) is 9.34. The third-order valence-electron chi connectivity index (χ3n) is 2.03. The van der Waals surface area contributed by atoms with Gasteiger partial charge in [-0.3, -0.25) is 4.79 Å². The van der Waals surface area contributed by atoms with E-state index in [-0.39, 0.29) is 5.78 Å². The molecular formula is C11H10N2OS3. The van der Waals surface area contributed by atoms with Crippen molar-refractivity contribution < 1.29 is 4.79 Å². The Balaban J connectivity index is 2.26. The van der Waals surface area contributed by atoms with Gasteiger partial charge in [0, 0.05) is 10.5 Å². The number of hydrogen-bond acceptors (Lipinski definition) is 6. The number of hydrogen-bond donors (Lipinski definition) is 0. The van der Waals surface area contributed by atoms with Crippen LogP contribution in [0.4, 0.5) is 0 Å². The third kappa shape index (κ3) is 3.08. The van der Waals surface area contributed by atoms with Crippen molar-refractivity contribution in [2.24, 2.45) is 0 Å². The number of Topliss-reactive ketones (excluding diaryl/α,β-unsaturated/α-hetero) is 1. The molecule has 1 aromatic heterocycles. The Morgan fingerprint density at radius 1 is 1.24 bits per heavy atom. The monoisotopic (exact) mass is 282 g/mol. The normalized spacial score (nSPS) is 10.5. The summed E-state index contributed by atoms with van der Waals surface area (Å²) >= 11 is 4.61. The Kier molecular flexibility index (Phi) is 4.20. The van der Waals surface area contributed by atoms with Crippen molar-refractivity contribution in [3.8, 4) is 0 Å². The van der Waals surface area contributed by atoms with Gasteiger partial charge >= 0.3 is 0 Å². The van der Waals surface area contributed by atoms with Crippen LogP contribution in [0.5, 0.6) is 0 Å². The molecule has 0 aliphatic heterocycles. The fraction of sp³-hybridized carbons (Fsp3) is 0.182. The minimum atomic E-state index is 0.0719. The van der Waals surface area contributed by atoms with E-state index in [1.54, 1.807) is 30.0 Å². The number of nitrogens with zero attached hydrogens (tertiary/aromatic N) is 2. The highest BCUT2D eigenvalue weighted by Crippen LogP contribution is 2.34. The van der Waals surface area contributed by atoms with Crippen LogP contribution in [0.15, 0.2) is 37.8 Å². The summed E-state index contributed by atoms with van der Waals surface area (Å²) in [7, 11) is 0. The van der Waals surface area contributed by atoms with Crippen LogP contribution in [0.3, 0.4) is 0 Å². The molecule has 0 N–H and O–H groups in total. The maximum atomic E-state index is 11.5. The lowest BCUT2D eigenvalue weighted by molar-refractivity contribution is 0.101. The van der Waals surface area contributed by atoms with Gasteiger partial charge in [-0.1, -0.05) is 53.1 Å². The Hall–Kier alpha value is -0.850. The highest BCUT2D eigenvalue weighted by molar-refractivity contribution is 8.03. The molecule has 1 heterocycles. The zero-order valence-corrected chi connectivity index (χ0v) is 11.8. The fourth-order valence-corrected chi connectivity index (χ4v) is 3.84. The smallest absolute Gasteiger partial charge is 0.179 e. The maximum Gasteiger partial charge on any atom is 0.179 e. The first-order valence-corrected chi connectivity index (χ1v) is 7.72. The van der Waals surface area contributed by atoms with Gasteiger partial charge in [-0.2, -0.15) is 0 Å². The number of aromatic nitrogens is 2. The van der Waals surface area contributed by atoms with E-state index in [9.17, 15) is 4.79 Å². The molecule has 0 radical (unpaired) electrons. The molecule has 0 aliphatic carbocycles. The van der Waals surface area contributed by atoms with Crippen molar-refractivity contribution in [3.63, 3.8) is 0 Å². The van der Waals surface area contributed by atoms with E-state index in [1.807, 2.05) is 30.5 Å². The number of benzene rings is 1. The molecule has 88 valence electrons. The SMILES string of the molecule is CSc1nnc(Sc2ccccc2C(C)=O)s1. The van der Waals surface area contributed by atoms with Crippen LogP contribution in [-0.2, 0) is 0 Å². The molecule has 0 unspecified atom stereocenters. The molecule has 0 amide bonds. The van der Waals surface area contributed by atoms with E-state index in [0.29, 0.717) is 0 Å². The van der Waals surface area contributed by atoms with E-state index in [1.165, 1.54) is 11.8 Å². The van der Waals surface area contributed by atoms with Crippen molar-refractivity contribution in [3.05, 3.63) is 29.8 Å². The topological polar surface area (TPSA) is 42.9 Å². The molecule has 0 saturated heterocycles. The Bertz CT molecular complexity index is 539. The molecule has 0 fully saturated rings. The number of rotatable bonds is 4. The average molecular weight is 282 g/mol. The average Bonchev–Trinajstić information content (AvgIpc) is 2.77. The predicted octanol–water partition coefficient (Wildman–Crippen LogP) is 3.61. The van der Waals surface area contributed by atoms with Crippen molar-refractivity contribution in [1.29, 1.82) is 0 Å². The van der Waals surface area contributed by atoms with Crippen LogP contribution in [0.25, 0.3) is 0 Å². The number of carbonyl (C=O) groups is 1. The first-order valence-electron chi connectivity index (χ1n) is 4.86. The quantitative estimate of drug-likeness (QED) is 0.633. The van der Waals surface area contributed by atoms with Gasteiger partial charge in [-0.05, 0) is 19.2 Å². The molecule has 6 heteroatoms. The lowest BCUT2D eigenvalue weighted by Crippen LogP contribution is -1.93. The van der Waals surface area contributed by atoms with Gasteiger partial charge in [-0.25, -0.2) is 0 Å². The first kappa shape index (κ1) is 12.6. The van der Waals surface area contributed by atoms with Crippen molar-refractivity contribution >= 4 is 40.6 Å². The molecule has 2 aromatic rings. The van der Waals surface area contributed by atoms with E-state index >= 15 is 0 Å². The molecule has 1 aromatic carbocycles. The highest BCUT2D eigenvalue weighted by Gasteiger charge is 2.10. The molecule has 0 saturated carbocycles. The summed E-state index contributed by atoms with van der Waals surface area (Å²) < 4.78 is 1.80. The molecule has 2 rings (SSSR count). The van der Waals surface area contributed by atoms with Gasteiger partial charge in [0.2, 0.25) is 0 Å². The van der Waals surface area contributed by atoms with Crippen LogP contribution in [-0.4, -0.2) is 22.2 Å². The van der Waals surface area contributed by atoms with Crippen LogP contribution in [0.2, 0.25) is 0 Å². The summed E-state index contributed by atoms with van der Waals surface area (Å²) in [4.78, 5) is 12.4. The molecule has 0 bridgehead atoms. The van der Waals surface area contributed by atoms with Gasteiger partial charge in [-0.15, -0.1) is 10.2 Å². The Morgan fingerprint density at radius 3 is 2.59 bits per heavy atom. The number of ketones is 1. The lowest BCUT2D eigenvalue weighted by atomic mass is 10.1. The van der Waals surface area contributed by atoms with E-state index in [4.69, 9.17) is 0 Å². The summed E-state index contributed by atoms with van der Waals surface area (Å²) in [6.45, 7) is 1.58. The second kappa shape index (κ2) is 5.66. The molecule has 17 heavy (non-hydrogen) atoms. The Labute approximate surface area is 112 Å². The minimum absolute atomic E-state index is 0.0719. The first-order chi connectivity index (χ1) is 8.20. The predicted molar refractivity (Wildman–Crippen MR) is 72.3 cm³/mol. The minimum Gasteiger partial charge on any atom is -0.294 e. The molecule has 0 atom stereocenters. The summed E-state index contributed by atoms with van der Waals surface area (Å²) in [6, 6.07) is 7.56. The van der Waals surface area contributed by atoms with Crippen molar-refractivity contribution in [2.45, 2.75) is 20.5 Å². The van der Waals surface area contributed by atoms with Crippen molar-refractivity contribution in [1.82, 2.24) is 10.2 Å². The van der Waals surface area contributed by atoms with E-state index in [2.05, 4.69) is 10.2 Å². The summed E-state index contributed by atoms with van der Waals surface area (Å²) in [5.74, 6) is 0.0719. The summed E-state index contributed by atoms with van der Waals surface area (Å²) in [6.07, 6.45) is 1.97. The molecule has 0 aliphatic rings. The van der Waals surface area contributed by atoms with Crippen LogP contribution in [0, 0.1) is 0 Å². The van der Waals surface area contributed by atoms with Gasteiger partial charge in [0.05, 0.1) is 0 Å². The Morgan fingerprint density at radius 2 is 1.94 bits per heavy atom. The summed E-state index contributed by atoms with van der Waals surface area (Å²) in [5, 5.41) is 8.11. The zero-order chi connectivity index (χ0) is 12.3. The van der Waals surface area contributed by atoms with E-state index < -0.39 is 0 Å². The standard InChI is InChI=1S/C11H10N2OS3/c1-7(14)8-5-3-4-6-9(8)16-11-13-12-10(15-2)17-11/h3-6H,1-2H3. The highest BCUT2D eigenvalue weighted by atomic mass is 32.2. The molecule has 3 nitrogen and oxygen atoms in total. The van der Waals surface area contributed by atoms with Gasteiger partial charge in [0.25, 0.3) is 0 Å². The van der Waals surface area contributed by atoms with Gasteiger partial charge < -0.3 is 0 Å². The largest absolute Gasteiger partial charge is 0.294 e. The van der Waals surface area contributed by atoms with E-state index in [0.717, 1.165) is 19.1 Å². The van der Waals surface area contributed by atoms with Crippen LogP contribution in [0.1, 0.15) is 17.3 Å². The third-order valence-corrected chi connectivity index (χ3v) is 5.05. The second-order valence-corrected chi connectivity index (χ2v) is 6.51. The fourth-order valence-electron chi connectivity index (χ4n) is 1.26. The van der Waals surface area contributed by atoms with Gasteiger partial charge in [0.15, 0.2) is 14.5 Å². The number of carbonyl (C=O) groups excluding carboxylic acids is 1. The van der Waals surface area contributed by atoms with Crippen LogP contribution < -0.4 is 0 Å². The molecular weight excluding hydrogens is 272 g/mol. The van der Waals surface area contributed by atoms with Crippen LogP contribution >= 0.6 is 34.9 Å². The van der Waals surface area contributed by atoms with Crippen molar-refractivity contribution in [2.75, 3.05) is 6.26 Å². The lowest BCUT2D eigenvalue weighted by Gasteiger charge is -2.02.